The molecular formula is C38H56N10O10. The van der Waals surface area contributed by atoms with E-state index in [2.05, 4.69) is 41.9 Å². The van der Waals surface area contributed by atoms with Crippen LogP contribution >= 0.6 is 0 Å². The van der Waals surface area contributed by atoms with Crippen molar-refractivity contribution in [1.82, 2.24) is 46.8 Å². The molecule has 20 nitrogen and oxygen atoms in total. The van der Waals surface area contributed by atoms with Crippen LogP contribution in [0.5, 0.6) is 5.75 Å². The molecule has 11 N–H and O–H groups in total. The summed E-state index contributed by atoms with van der Waals surface area (Å²) in [6.07, 6.45) is 3.55. The number of aromatic amines is 1. The van der Waals surface area contributed by atoms with Crippen LogP contribution in [-0.2, 0) is 51.2 Å². The van der Waals surface area contributed by atoms with E-state index < -0.39 is 102 Å². The van der Waals surface area contributed by atoms with Gasteiger partial charge in [-0.15, -0.1) is 0 Å². The molecule has 0 bridgehead atoms. The Labute approximate surface area is 336 Å². The molecule has 3 rings (SSSR count). The second kappa shape index (κ2) is 22.0. The molecular weight excluding hydrogens is 756 g/mol. The normalized spacial score (nSPS) is 16.8. The number of carbonyl (C=O) groups is 8. The summed E-state index contributed by atoms with van der Waals surface area (Å²) in [6.45, 7) is 6.41. The number of hydrogen-bond acceptors (Lipinski definition) is 11. The minimum absolute atomic E-state index is 0.0293. The number of carboxylic acid groups (broad SMARTS) is 1. The quantitative estimate of drug-likeness (QED) is 0.0668. The molecule has 58 heavy (non-hydrogen) atoms. The Morgan fingerprint density at radius 3 is 2.12 bits per heavy atom. The van der Waals surface area contributed by atoms with Crippen LogP contribution in [0.25, 0.3) is 0 Å². The number of nitrogens with two attached hydrogens (primary N) is 1. The lowest BCUT2D eigenvalue weighted by Crippen LogP contribution is -2.61. The zero-order valence-corrected chi connectivity index (χ0v) is 33.4. The van der Waals surface area contributed by atoms with Crippen LogP contribution < -0.4 is 37.6 Å². The second-order valence-corrected chi connectivity index (χ2v) is 14.7. The predicted molar refractivity (Wildman–Crippen MR) is 208 cm³/mol. The standard InChI is InChI=1S/C38H56N10O10/c1-6-21(4)32(37(57)45-27(15-23-17-41-19-43-23)38(58)48-13-7-8-28(48)35(55)42-18-30(51)52)47-34(54)26(14-22-9-11-24(49)12-10-22)44-36(56)31(20(2)3)46-33(53)25(39)16-29(50)40-5/h9-12,17,19-21,25-28,31-32,49H,6-8,13-16,18,39H2,1-5H3,(H,40,50)(H,41,43)(H,42,55)(H,44,56)(H,45,57)(H,46,53)(H,47,54)(H,51,52)/t21-,25-,26-,27-,28-,31-,32-/m0/s1. The van der Waals surface area contributed by atoms with Gasteiger partial charge in [-0.1, -0.05) is 46.2 Å². The number of H-pyrrole nitrogens is 1. The maximum atomic E-state index is 14.2. The van der Waals surface area contributed by atoms with Crippen molar-refractivity contribution < 1.29 is 48.6 Å². The summed E-state index contributed by atoms with van der Waals surface area (Å²) < 4.78 is 0. The van der Waals surface area contributed by atoms with Crippen molar-refractivity contribution in [2.24, 2.45) is 17.6 Å². The van der Waals surface area contributed by atoms with E-state index in [-0.39, 0.29) is 38.0 Å². The number of phenolic OH excluding ortho intramolecular Hbond substituents is 1. The van der Waals surface area contributed by atoms with Crippen LogP contribution in [0.2, 0.25) is 0 Å². The van der Waals surface area contributed by atoms with Crippen LogP contribution in [0, 0.1) is 11.8 Å². The molecule has 1 aromatic carbocycles. The molecule has 1 fully saturated rings. The number of amides is 7. The van der Waals surface area contributed by atoms with Gasteiger partial charge in [-0.2, -0.15) is 0 Å². The highest BCUT2D eigenvalue weighted by molar-refractivity contribution is 5.97. The number of aliphatic carboxylic acids is 1. The first-order valence-corrected chi connectivity index (χ1v) is 19.2. The van der Waals surface area contributed by atoms with E-state index >= 15 is 0 Å². The summed E-state index contributed by atoms with van der Waals surface area (Å²) >= 11 is 0. The maximum Gasteiger partial charge on any atom is 0.322 e. The zero-order chi connectivity index (χ0) is 43.1. The first-order valence-electron chi connectivity index (χ1n) is 19.2. The van der Waals surface area contributed by atoms with Gasteiger partial charge in [0, 0.05) is 38.3 Å². The van der Waals surface area contributed by atoms with Crippen molar-refractivity contribution >= 4 is 47.3 Å². The molecule has 1 aliphatic rings. The van der Waals surface area contributed by atoms with Crippen molar-refractivity contribution in [3.05, 3.63) is 48.0 Å². The van der Waals surface area contributed by atoms with Crippen LogP contribution in [0.3, 0.4) is 0 Å². The Morgan fingerprint density at radius 1 is 0.897 bits per heavy atom. The van der Waals surface area contributed by atoms with Gasteiger partial charge in [-0.05, 0) is 42.4 Å². The number of nitrogens with one attached hydrogen (secondary N) is 7. The minimum Gasteiger partial charge on any atom is -0.508 e. The molecule has 0 aliphatic carbocycles. The Hall–Kier alpha value is -6.05. The van der Waals surface area contributed by atoms with Crippen molar-refractivity contribution in [1.29, 1.82) is 0 Å². The van der Waals surface area contributed by atoms with Gasteiger partial charge in [0.25, 0.3) is 0 Å². The summed E-state index contributed by atoms with van der Waals surface area (Å²) in [7, 11) is 1.39. The fourth-order valence-electron chi connectivity index (χ4n) is 6.35. The van der Waals surface area contributed by atoms with Crippen LogP contribution in [0.15, 0.2) is 36.8 Å². The average Bonchev–Trinajstić information content (AvgIpc) is 3.90. The molecule has 1 aliphatic heterocycles. The van der Waals surface area contributed by atoms with Gasteiger partial charge >= 0.3 is 5.97 Å². The number of aromatic nitrogens is 2. The molecule has 7 atom stereocenters. The lowest BCUT2D eigenvalue weighted by Gasteiger charge is -2.31. The Balaban J connectivity index is 1.89. The van der Waals surface area contributed by atoms with Gasteiger partial charge in [-0.25, -0.2) is 4.98 Å². The largest absolute Gasteiger partial charge is 0.508 e. The molecule has 20 heteroatoms. The van der Waals surface area contributed by atoms with E-state index in [0.29, 0.717) is 24.1 Å². The maximum absolute atomic E-state index is 14.2. The average molecular weight is 813 g/mol. The van der Waals surface area contributed by atoms with E-state index in [0.717, 1.165) is 0 Å². The third-order valence-electron chi connectivity index (χ3n) is 9.92. The van der Waals surface area contributed by atoms with E-state index in [1.165, 1.54) is 36.6 Å². The summed E-state index contributed by atoms with van der Waals surface area (Å²) in [6, 6.07) is -1.25. The SMILES string of the molecule is CC[C@H](C)[C@H](NC(=O)[C@H](Cc1ccc(O)cc1)NC(=O)[C@@H](NC(=O)[C@@H](N)CC(=O)NC)C(C)C)C(=O)N[C@@H](Cc1cnc[nH]1)C(=O)N1CCC[C@H]1C(=O)NCC(=O)O. The molecule has 0 unspecified atom stereocenters. The van der Waals surface area contributed by atoms with Gasteiger partial charge in [0.05, 0.1) is 18.8 Å². The number of phenols is 1. The number of aromatic hydroxyl groups is 1. The number of likely N-dealkylation sites (tertiary alicyclic amines) is 1. The van der Waals surface area contributed by atoms with Crippen LogP contribution in [-0.4, -0.2) is 129 Å². The van der Waals surface area contributed by atoms with Gasteiger partial charge in [0.2, 0.25) is 41.4 Å². The number of imidazole rings is 1. The third-order valence-corrected chi connectivity index (χ3v) is 9.92. The second-order valence-electron chi connectivity index (χ2n) is 14.7. The Morgan fingerprint density at radius 2 is 1.53 bits per heavy atom. The fourth-order valence-corrected chi connectivity index (χ4v) is 6.35. The summed E-state index contributed by atoms with van der Waals surface area (Å²) in [5, 5.41) is 34.3. The fraction of sp³-hybridized carbons (Fsp3) is 0.553. The monoisotopic (exact) mass is 812 g/mol. The molecule has 0 spiro atoms. The zero-order valence-electron chi connectivity index (χ0n) is 33.4. The van der Waals surface area contributed by atoms with Gasteiger partial charge in [-0.3, -0.25) is 38.4 Å². The third kappa shape index (κ3) is 13.6. The summed E-state index contributed by atoms with van der Waals surface area (Å²) in [5.41, 5.74) is 6.94. The summed E-state index contributed by atoms with van der Waals surface area (Å²) in [5.74, 6) is -6.97. The van der Waals surface area contributed by atoms with E-state index in [1.54, 1.807) is 39.8 Å². The number of nitrogens with zero attached hydrogens (tertiary/aromatic N) is 2. The number of carbonyl (C=O) groups excluding carboxylic acids is 7. The first kappa shape index (κ1) is 46.3. The van der Waals surface area contributed by atoms with E-state index in [9.17, 15) is 43.5 Å². The molecule has 318 valence electrons. The highest BCUT2D eigenvalue weighted by Gasteiger charge is 2.40. The molecule has 1 aromatic heterocycles. The molecule has 7 amide bonds. The first-order chi connectivity index (χ1) is 27.4. The molecule has 2 aromatic rings. The lowest BCUT2D eigenvalue weighted by molar-refractivity contribution is -0.143. The van der Waals surface area contributed by atoms with Crippen LogP contribution in [0.4, 0.5) is 0 Å². The molecule has 1 saturated heterocycles. The van der Waals surface area contributed by atoms with E-state index in [1.807, 2.05) is 0 Å². The minimum atomic E-state index is -1.31. The molecule has 0 saturated carbocycles. The van der Waals surface area contributed by atoms with Gasteiger partial charge < -0.3 is 57.7 Å². The Kier molecular flexibility index (Phi) is 17.6. The van der Waals surface area contributed by atoms with Gasteiger partial charge in [0.15, 0.2) is 0 Å². The highest BCUT2D eigenvalue weighted by atomic mass is 16.4. The van der Waals surface area contributed by atoms with Crippen molar-refractivity contribution in [3.63, 3.8) is 0 Å². The molecule has 0 radical (unpaired) electrons. The topological polar surface area (TPSA) is 307 Å². The number of rotatable bonds is 21. The van der Waals surface area contributed by atoms with Crippen LogP contribution in [0.1, 0.15) is 64.6 Å². The number of carboxylic acids is 1. The predicted octanol–water partition coefficient (Wildman–Crippen LogP) is -1.80. The smallest absolute Gasteiger partial charge is 0.322 e. The number of hydrogen-bond donors (Lipinski definition) is 10. The number of benzene rings is 1. The molecule has 2 heterocycles. The van der Waals surface area contributed by atoms with Crippen molar-refractivity contribution in [2.45, 2.75) is 102 Å². The summed E-state index contributed by atoms with van der Waals surface area (Å²) in [4.78, 5) is 113. The Bertz CT molecular complexity index is 1750. The van der Waals surface area contributed by atoms with E-state index in [4.69, 9.17) is 10.8 Å². The van der Waals surface area contributed by atoms with Gasteiger partial charge in [0.1, 0.15) is 42.5 Å². The van der Waals surface area contributed by atoms with Crippen molar-refractivity contribution in [3.8, 4) is 5.75 Å². The highest BCUT2D eigenvalue weighted by Crippen LogP contribution is 2.20. The van der Waals surface area contributed by atoms with Crippen molar-refractivity contribution in [2.75, 3.05) is 20.1 Å². The lowest BCUT2D eigenvalue weighted by atomic mass is 9.96.